The van der Waals surface area contributed by atoms with Crippen molar-refractivity contribution in [3.63, 3.8) is 0 Å². The van der Waals surface area contributed by atoms with Crippen molar-refractivity contribution < 1.29 is 48.9 Å². The summed E-state index contributed by atoms with van der Waals surface area (Å²) in [6, 6.07) is 7.41. The molecule has 4 N–H and O–H groups in total. The highest BCUT2D eigenvalue weighted by Gasteiger charge is 2.23. The van der Waals surface area contributed by atoms with Gasteiger partial charge in [0.2, 0.25) is 17.6 Å². The molecule has 0 saturated carbocycles. The molecule has 2 aromatic rings. The number of carboxylic acid groups (broad SMARTS) is 4. The molecule has 1 amide bonds. The van der Waals surface area contributed by atoms with E-state index in [1.807, 2.05) is 24.3 Å². The summed E-state index contributed by atoms with van der Waals surface area (Å²) in [4.78, 5) is 60.1. The van der Waals surface area contributed by atoms with E-state index in [0.29, 0.717) is 29.8 Å². The zero-order valence-corrected chi connectivity index (χ0v) is 22.9. The van der Waals surface area contributed by atoms with Crippen LogP contribution in [0, 0.1) is 0 Å². The van der Waals surface area contributed by atoms with E-state index in [9.17, 15) is 4.79 Å². The quantitative estimate of drug-likeness (QED) is 0.357. The van der Waals surface area contributed by atoms with Gasteiger partial charge in [0.25, 0.3) is 0 Å². The molecule has 2 aliphatic rings. The van der Waals surface area contributed by atoms with Crippen LogP contribution in [0.5, 0.6) is 0 Å². The molecule has 1 aromatic heterocycles. The molecule has 0 spiro atoms. The van der Waals surface area contributed by atoms with Crippen LogP contribution in [0.15, 0.2) is 28.8 Å². The Labute approximate surface area is 239 Å². The fourth-order valence-corrected chi connectivity index (χ4v) is 4.07. The minimum atomic E-state index is -1.82. The zero-order chi connectivity index (χ0) is 30.4. The van der Waals surface area contributed by atoms with Gasteiger partial charge in [-0.3, -0.25) is 14.6 Å². The molecule has 4 rings (SSSR count). The Kier molecular flexibility index (Phi) is 13.6. The van der Waals surface area contributed by atoms with Crippen molar-refractivity contribution in [3.8, 4) is 11.4 Å². The third-order valence-electron chi connectivity index (χ3n) is 6.08. The Hall–Kier alpha value is -4.08. The maximum Gasteiger partial charge on any atom is 0.414 e. The summed E-state index contributed by atoms with van der Waals surface area (Å²) in [5.41, 5.74) is 0.890. The molecule has 0 atom stereocenters. The number of amides is 1. The number of carbonyl (C=O) groups excluding carboxylic acids is 1. The van der Waals surface area contributed by atoms with E-state index < -0.39 is 23.9 Å². The fraction of sp³-hybridized carbons (Fsp3) is 0.480. The van der Waals surface area contributed by atoms with E-state index in [1.165, 1.54) is 12.8 Å². The van der Waals surface area contributed by atoms with Gasteiger partial charge in [-0.1, -0.05) is 29.6 Å². The molecule has 1 aromatic carbocycles. The Balaban J connectivity index is 0.000000413. The van der Waals surface area contributed by atoms with Gasteiger partial charge in [0.1, 0.15) is 0 Å². The number of carboxylic acids is 4. The number of hydrogen-bond acceptors (Lipinski definition) is 10. The Bertz CT molecular complexity index is 1130. The van der Waals surface area contributed by atoms with Gasteiger partial charge in [0, 0.05) is 49.9 Å². The number of carbonyl (C=O) groups is 5. The van der Waals surface area contributed by atoms with Crippen molar-refractivity contribution in [1.29, 1.82) is 0 Å². The Morgan fingerprint density at radius 2 is 1.22 bits per heavy atom. The molecule has 0 radical (unpaired) electrons. The lowest BCUT2D eigenvalue weighted by Gasteiger charge is -2.34. The number of aliphatic carboxylic acids is 4. The molecule has 41 heavy (non-hydrogen) atoms. The van der Waals surface area contributed by atoms with Gasteiger partial charge in [-0.05, 0) is 37.1 Å². The van der Waals surface area contributed by atoms with E-state index in [1.54, 1.807) is 0 Å². The van der Waals surface area contributed by atoms with Crippen LogP contribution >= 0.6 is 11.6 Å². The van der Waals surface area contributed by atoms with Gasteiger partial charge >= 0.3 is 23.9 Å². The van der Waals surface area contributed by atoms with Crippen molar-refractivity contribution >= 4 is 41.4 Å². The summed E-state index contributed by atoms with van der Waals surface area (Å²) in [7, 11) is 0. The number of rotatable bonds is 5. The van der Waals surface area contributed by atoms with Gasteiger partial charge < -0.3 is 29.8 Å². The Morgan fingerprint density at radius 1 is 0.732 bits per heavy atom. The third-order valence-corrected chi connectivity index (χ3v) is 6.33. The summed E-state index contributed by atoms with van der Waals surface area (Å²) >= 11 is 5.93. The van der Waals surface area contributed by atoms with Crippen molar-refractivity contribution in [2.45, 2.75) is 32.2 Å². The van der Waals surface area contributed by atoms with Gasteiger partial charge in [0.15, 0.2) is 0 Å². The van der Waals surface area contributed by atoms with E-state index in [2.05, 4.69) is 24.8 Å². The first-order chi connectivity index (χ1) is 19.5. The first kappa shape index (κ1) is 33.1. The predicted molar refractivity (Wildman–Crippen MR) is 142 cm³/mol. The molecule has 2 aliphatic heterocycles. The molecule has 2 fully saturated rings. The van der Waals surface area contributed by atoms with Gasteiger partial charge in [0.05, 0.1) is 13.1 Å². The van der Waals surface area contributed by atoms with E-state index in [4.69, 9.17) is 55.7 Å². The summed E-state index contributed by atoms with van der Waals surface area (Å²) in [5, 5.41) is 34.3. The van der Waals surface area contributed by atoms with Gasteiger partial charge in [-0.15, -0.1) is 0 Å². The fourth-order valence-electron chi connectivity index (χ4n) is 3.94. The molecule has 2 saturated heterocycles. The largest absolute Gasteiger partial charge is 0.473 e. The van der Waals surface area contributed by atoms with Crippen LogP contribution in [0.1, 0.15) is 31.6 Å². The van der Waals surface area contributed by atoms with Crippen molar-refractivity contribution in [3.05, 3.63) is 35.2 Å². The van der Waals surface area contributed by atoms with Gasteiger partial charge in [-0.2, -0.15) is 4.98 Å². The maximum atomic E-state index is 12.6. The van der Waals surface area contributed by atoms with Crippen LogP contribution in [-0.4, -0.2) is 121 Å². The molecule has 0 unspecified atom stereocenters. The monoisotopic (exact) mass is 597 g/mol. The molecule has 0 aliphatic carbocycles. The SMILES string of the molecule is O=C(CN1CCN(Cc2nc(-c3ccc(Cl)cc3)no2)CC1)N1CCCCCC1.O=C(O)C(=O)O.O=C(O)C(=O)O. The standard InChI is InChI=1S/C21H28ClN5O2.2C2H2O4/c22-18-7-5-17(6-8-18)21-23-19(29-24-21)15-25-11-13-26(14-12-25)16-20(28)27-9-3-1-2-4-10-27;2*3-1(4)2(5)6/h5-8H,1-4,9-16H2;2*(H,3,4)(H,5,6). The highest BCUT2D eigenvalue weighted by Crippen LogP contribution is 2.19. The molecule has 3 heterocycles. The van der Waals surface area contributed by atoms with E-state index >= 15 is 0 Å². The minimum absolute atomic E-state index is 0.282. The lowest BCUT2D eigenvalue weighted by Crippen LogP contribution is -2.49. The molecule has 16 heteroatoms. The van der Waals surface area contributed by atoms with Crippen LogP contribution in [-0.2, 0) is 30.5 Å². The highest BCUT2D eigenvalue weighted by molar-refractivity contribution is 6.30. The topological polar surface area (TPSA) is 215 Å². The first-order valence-corrected chi connectivity index (χ1v) is 13.1. The number of hydrogen-bond donors (Lipinski definition) is 4. The minimum Gasteiger partial charge on any atom is -0.473 e. The number of nitrogens with zero attached hydrogens (tertiary/aromatic N) is 5. The van der Waals surface area contributed by atoms with E-state index in [0.717, 1.165) is 57.7 Å². The molecular formula is C25H32ClN5O10. The van der Waals surface area contributed by atoms with Crippen molar-refractivity contribution in [1.82, 2.24) is 24.8 Å². The number of piperazine rings is 1. The normalized spacial score (nSPS) is 15.8. The second-order valence-corrected chi connectivity index (χ2v) is 9.52. The summed E-state index contributed by atoms with van der Waals surface area (Å²) in [6.45, 7) is 6.58. The number of aromatic nitrogens is 2. The number of benzene rings is 1. The molecule has 15 nitrogen and oxygen atoms in total. The van der Waals surface area contributed by atoms with Gasteiger partial charge in [-0.25, -0.2) is 19.2 Å². The number of halogens is 1. The second-order valence-electron chi connectivity index (χ2n) is 9.09. The summed E-state index contributed by atoms with van der Waals surface area (Å²) in [5.74, 6) is -5.82. The van der Waals surface area contributed by atoms with Crippen LogP contribution in [0.3, 0.4) is 0 Å². The predicted octanol–water partition coefficient (Wildman–Crippen LogP) is 1.22. The lowest BCUT2D eigenvalue weighted by atomic mass is 10.2. The zero-order valence-electron chi connectivity index (χ0n) is 22.1. The van der Waals surface area contributed by atoms with Crippen molar-refractivity contribution in [2.24, 2.45) is 0 Å². The van der Waals surface area contributed by atoms with Crippen LogP contribution in [0.25, 0.3) is 11.4 Å². The summed E-state index contributed by atoms with van der Waals surface area (Å²) in [6.07, 6.45) is 4.78. The molecule has 224 valence electrons. The maximum absolute atomic E-state index is 12.6. The van der Waals surface area contributed by atoms with Crippen LogP contribution < -0.4 is 0 Å². The highest BCUT2D eigenvalue weighted by atomic mass is 35.5. The number of likely N-dealkylation sites (tertiary alicyclic amines) is 1. The molecule has 0 bridgehead atoms. The van der Waals surface area contributed by atoms with Crippen LogP contribution in [0.2, 0.25) is 5.02 Å². The average molecular weight is 598 g/mol. The Morgan fingerprint density at radius 3 is 1.71 bits per heavy atom. The molecular weight excluding hydrogens is 566 g/mol. The summed E-state index contributed by atoms with van der Waals surface area (Å²) < 4.78 is 5.42. The lowest BCUT2D eigenvalue weighted by molar-refractivity contribution is -0.159. The smallest absolute Gasteiger partial charge is 0.414 e. The second kappa shape index (κ2) is 16.9. The van der Waals surface area contributed by atoms with E-state index in [-0.39, 0.29) is 5.91 Å². The van der Waals surface area contributed by atoms with Crippen molar-refractivity contribution in [2.75, 3.05) is 45.8 Å². The third kappa shape index (κ3) is 12.3. The van der Waals surface area contributed by atoms with Crippen LogP contribution in [0.4, 0.5) is 0 Å². The average Bonchev–Trinajstić information content (AvgIpc) is 3.22. The first-order valence-electron chi connectivity index (χ1n) is 12.7.